The van der Waals surface area contributed by atoms with E-state index >= 15 is 0 Å². The van der Waals surface area contributed by atoms with Gasteiger partial charge in [0.1, 0.15) is 11.5 Å². The van der Waals surface area contributed by atoms with Gasteiger partial charge in [0.2, 0.25) is 0 Å². The van der Waals surface area contributed by atoms with Gasteiger partial charge >= 0.3 is 5.97 Å². The number of ketones is 1. The van der Waals surface area contributed by atoms with E-state index in [4.69, 9.17) is 4.74 Å². The molecular weight excluding hydrogens is 232 g/mol. The molecule has 0 radical (unpaired) electrons. The highest BCUT2D eigenvalue weighted by molar-refractivity contribution is 5.92. The van der Waals surface area contributed by atoms with Crippen LogP contribution in [0.4, 0.5) is 0 Å². The summed E-state index contributed by atoms with van der Waals surface area (Å²) in [7, 11) is 2.91. The predicted octanol–water partition coefficient (Wildman–Crippen LogP) is 1.86. The van der Waals surface area contributed by atoms with Crippen molar-refractivity contribution in [3.63, 3.8) is 0 Å². The average Bonchev–Trinajstić information content (AvgIpc) is 2.40. The number of ether oxygens (including phenoxy) is 2. The summed E-state index contributed by atoms with van der Waals surface area (Å²) >= 11 is 0. The Morgan fingerprint density at radius 2 is 2.11 bits per heavy atom. The first-order valence-electron chi connectivity index (χ1n) is 5.92. The first-order chi connectivity index (χ1) is 8.67. The molecular formula is C14H16O4. The Bertz CT molecular complexity index is 464. The van der Waals surface area contributed by atoms with Gasteiger partial charge in [0.05, 0.1) is 26.6 Å². The topological polar surface area (TPSA) is 52.6 Å². The maximum Gasteiger partial charge on any atom is 0.306 e. The second kappa shape index (κ2) is 5.21. The number of aryl methyl sites for hydroxylation is 1. The van der Waals surface area contributed by atoms with Crippen LogP contribution in [0.2, 0.25) is 0 Å². The number of Topliss-reactive ketones (excluding diaryl/α,β-unsaturated/α-hetero) is 1. The van der Waals surface area contributed by atoms with E-state index in [0.29, 0.717) is 18.6 Å². The van der Waals surface area contributed by atoms with E-state index in [1.807, 2.05) is 18.2 Å². The lowest BCUT2D eigenvalue weighted by Crippen LogP contribution is -2.24. The van der Waals surface area contributed by atoms with Crippen LogP contribution in [0.15, 0.2) is 18.2 Å². The van der Waals surface area contributed by atoms with E-state index in [-0.39, 0.29) is 18.2 Å². The van der Waals surface area contributed by atoms with E-state index in [0.717, 1.165) is 11.1 Å². The van der Waals surface area contributed by atoms with E-state index in [9.17, 15) is 9.59 Å². The van der Waals surface area contributed by atoms with E-state index in [1.165, 1.54) is 7.11 Å². The number of rotatable bonds is 3. The molecule has 0 saturated heterocycles. The lowest BCUT2D eigenvalue weighted by atomic mass is 9.79. The van der Waals surface area contributed by atoms with Gasteiger partial charge < -0.3 is 9.47 Å². The Hall–Kier alpha value is -1.84. The summed E-state index contributed by atoms with van der Waals surface area (Å²) in [6, 6.07) is 5.71. The molecule has 0 bridgehead atoms. The lowest BCUT2D eigenvalue weighted by Gasteiger charge is -2.25. The fourth-order valence-corrected chi connectivity index (χ4v) is 2.44. The molecule has 0 spiro atoms. The van der Waals surface area contributed by atoms with E-state index in [1.54, 1.807) is 7.11 Å². The van der Waals surface area contributed by atoms with Crippen LogP contribution in [0.3, 0.4) is 0 Å². The van der Waals surface area contributed by atoms with Gasteiger partial charge in [-0.25, -0.2) is 0 Å². The van der Waals surface area contributed by atoms with Gasteiger partial charge in [-0.2, -0.15) is 0 Å². The molecule has 0 heterocycles. The molecule has 4 heteroatoms. The van der Waals surface area contributed by atoms with Gasteiger partial charge in [-0.05, 0) is 18.1 Å². The second-order valence-corrected chi connectivity index (χ2v) is 4.33. The Kier molecular flexibility index (Phi) is 3.65. The number of carbonyl (C=O) groups excluding carboxylic acids is 2. The molecule has 0 amide bonds. The fourth-order valence-electron chi connectivity index (χ4n) is 2.44. The number of esters is 1. The number of hydrogen-bond acceptors (Lipinski definition) is 4. The minimum absolute atomic E-state index is 0.0809. The van der Waals surface area contributed by atoms with E-state index in [2.05, 4.69) is 4.74 Å². The summed E-state index contributed by atoms with van der Waals surface area (Å²) in [5.74, 6) is -0.0451. The summed E-state index contributed by atoms with van der Waals surface area (Å²) in [6.07, 6.45) is 1.27. The Morgan fingerprint density at radius 3 is 2.78 bits per heavy atom. The molecule has 4 nitrogen and oxygen atoms in total. The molecule has 2 rings (SSSR count). The molecule has 0 aromatic heterocycles. The highest BCUT2D eigenvalue weighted by atomic mass is 16.5. The zero-order valence-electron chi connectivity index (χ0n) is 10.6. The SMILES string of the molecule is COC(=O)C[C@@H]1C(=O)CCc2cccc(OC)c21. The van der Waals surface area contributed by atoms with Crippen molar-refractivity contribution in [2.75, 3.05) is 14.2 Å². The van der Waals surface area contributed by atoms with Crippen LogP contribution < -0.4 is 4.74 Å². The van der Waals surface area contributed by atoms with Gasteiger partial charge in [0.15, 0.2) is 0 Å². The third-order valence-electron chi connectivity index (χ3n) is 3.35. The third kappa shape index (κ3) is 2.23. The van der Waals surface area contributed by atoms with Gasteiger partial charge in [-0.1, -0.05) is 12.1 Å². The first kappa shape index (κ1) is 12.6. The summed E-state index contributed by atoms with van der Waals surface area (Å²) in [4.78, 5) is 23.4. The zero-order chi connectivity index (χ0) is 13.1. The van der Waals surface area contributed by atoms with Crippen LogP contribution in [-0.2, 0) is 20.7 Å². The second-order valence-electron chi connectivity index (χ2n) is 4.33. The molecule has 0 fully saturated rings. The molecule has 96 valence electrons. The average molecular weight is 248 g/mol. The summed E-state index contributed by atoms with van der Waals surface area (Å²) in [5, 5.41) is 0. The summed E-state index contributed by atoms with van der Waals surface area (Å²) in [5.41, 5.74) is 1.93. The molecule has 0 aliphatic heterocycles. The number of benzene rings is 1. The third-order valence-corrected chi connectivity index (χ3v) is 3.35. The van der Waals surface area contributed by atoms with Crippen LogP contribution >= 0.6 is 0 Å². The number of hydrogen-bond donors (Lipinski definition) is 0. The summed E-state index contributed by atoms with van der Waals surface area (Å²) < 4.78 is 9.96. The normalized spacial score (nSPS) is 18.1. The van der Waals surface area contributed by atoms with Gasteiger partial charge in [0, 0.05) is 12.0 Å². The van der Waals surface area contributed by atoms with Crippen LogP contribution in [0.5, 0.6) is 5.75 Å². The highest BCUT2D eigenvalue weighted by Gasteiger charge is 2.32. The predicted molar refractivity (Wildman–Crippen MR) is 65.7 cm³/mol. The molecule has 1 aromatic carbocycles. The minimum Gasteiger partial charge on any atom is -0.496 e. The smallest absolute Gasteiger partial charge is 0.306 e. The van der Waals surface area contributed by atoms with Crippen molar-refractivity contribution in [2.24, 2.45) is 0 Å². The fraction of sp³-hybridized carbons (Fsp3) is 0.429. The van der Waals surface area contributed by atoms with Gasteiger partial charge in [-0.3, -0.25) is 9.59 Å². The van der Waals surface area contributed by atoms with Crippen LogP contribution in [0, 0.1) is 0 Å². The maximum absolute atomic E-state index is 12.0. The van der Waals surface area contributed by atoms with Crippen molar-refractivity contribution in [3.8, 4) is 5.75 Å². The monoisotopic (exact) mass is 248 g/mol. The van der Waals surface area contributed by atoms with Crippen molar-refractivity contribution in [1.29, 1.82) is 0 Å². The van der Waals surface area contributed by atoms with Gasteiger partial charge in [-0.15, -0.1) is 0 Å². The lowest BCUT2D eigenvalue weighted by molar-refractivity contribution is -0.142. The molecule has 1 aliphatic rings. The molecule has 1 aromatic rings. The largest absolute Gasteiger partial charge is 0.496 e. The Labute approximate surface area is 106 Å². The Morgan fingerprint density at radius 1 is 1.33 bits per heavy atom. The van der Waals surface area contributed by atoms with Crippen molar-refractivity contribution < 1.29 is 19.1 Å². The number of methoxy groups -OCH3 is 2. The molecule has 0 unspecified atom stereocenters. The standard InChI is InChI=1S/C14H16O4/c1-17-12-5-3-4-9-6-7-11(15)10(14(9)12)8-13(16)18-2/h3-5,10H,6-8H2,1-2H3/t10-/m1/s1. The van der Waals surface area contributed by atoms with Crippen LogP contribution in [-0.4, -0.2) is 26.0 Å². The zero-order valence-corrected chi connectivity index (χ0v) is 10.6. The molecule has 1 aliphatic carbocycles. The maximum atomic E-state index is 12.0. The van der Waals surface area contributed by atoms with Crippen molar-refractivity contribution >= 4 is 11.8 Å². The van der Waals surface area contributed by atoms with Crippen molar-refractivity contribution in [2.45, 2.75) is 25.2 Å². The van der Waals surface area contributed by atoms with Crippen molar-refractivity contribution in [3.05, 3.63) is 29.3 Å². The molecule has 1 atom stereocenters. The first-order valence-corrected chi connectivity index (χ1v) is 5.92. The van der Waals surface area contributed by atoms with E-state index < -0.39 is 5.92 Å². The van der Waals surface area contributed by atoms with Crippen molar-refractivity contribution in [1.82, 2.24) is 0 Å². The minimum atomic E-state index is -0.433. The highest BCUT2D eigenvalue weighted by Crippen LogP contribution is 2.38. The Balaban J connectivity index is 2.42. The quantitative estimate of drug-likeness (QED) is 0.766. The van der Waals surface area contributed by atoms with Gasteiger partial charge in [0.25, 0.3) is 0 Å². The summed E-state index contributed by atoms with van der Waals surface area (Å²) in [6.45, 7) is 0. The molecule has 0 N–H and O–H groups in total. The van der Waals surface area contributed by atoms with Crippen LogP contribution in [0.1, 0.15) is 29.9 Å². The molecule has 18 heavy (non-hydrogen) atoms. The number of fused-ring (bicyclic) bond motifs is 1. The number of carbonyl (C=O) groups is 2. The van der Waals surface area contributed by atoms with Crippen LogP contribution in [0.25, 0.3) is 0 Å². The molecule has 0 saturated carbocycles.